The van der Waals surface area contributed by atoms with E-state index in [1.807, 2.05) is 39.0 Å². The Hall–Kier alpha value is -2.69. The van der Waals surface area contributed by atoms with E-state index in [9.17, 15) is 9.59 Å². The van der Waals surface area contributed by atoms with Gasteiger partial charge in [-0.3, -0.25) is 14.6 Å². The fraction of sp³-hybridized carbons (Fsp3) is 0.316. The fourth-order valence-electron chi connectivity index (χ4n) is 2.43. The highest BCUT2D eigenvalue weighted by Crippen LogP contribution is 2.12. The molecule has 0 radical (unpaired) electrons. The first-order valence-corrected chi connectivity index (χ1v) is 8.04. The van der Waals surface area contributed by atoms with Crippen LogP contribution in [0, 0.1) is 12.8 Å². The number of nitrogens with one attached hydrogen (secondary N) is 2. The van der Waals surface area contributed by atoms with E-state index in [1.54, 1.807) is 30.6 Å². The number of nitrogens with zero attached hydrogens (tertiary/aromatic N) is 1. The molecular formula is C19H23N3O2. The molecular weight excluding hydrogens is 302 g/mol. The van der Waals surface area contributed by atoms with E-state index in [0.717, 1.165) is 5.56 Å². The van der Waals surface area contributed by atoms with Crippen molar-refractivity contribution in [1.29, 1.82) is 0 Å². The SMILES string of the molecule is Cc1ccccc1C(=O)NC(CC(C)C)C(=O)Nc1cccnc1. The van der Waals surface area contributed by atoms with Gasteiger partial charge in [0, 0.05) is 11.8 Å². The number of amides is 2. The van der Waals surface area contributed by atoms with Gasteiger partial charge in [0.25, 0.3) is 5.91 Å². The Labute approximate surface area is 142 Å². The van der Waals surface area contributed by atoms with Crippen molar-refractivity contribution < 1.29 is 9.59 Å². The third-order valence-electron chi connectivity index (χ3n) is 3.65. The van der Waals surface area contributed by atoms with E-state index in [4.69, 9.17) is 0 Å². The quantitative estimate of drug-likeness (QED) is 0.857. The first-order chi connectivity index (χ1) is 11.5. The van der Waals surface area contributed by atoms with Gasteiger partial charge in [-0.05, 0) is 43.0 Å². The van der Waals surface area contributed by atoms with Crippen molar-refractivity contribution in [2.45, 2.75) is 33.2 Å². The summed E-state index contributed by atoms with van der Waals surface area (Å²) in [4.78, 5) is 29.0. The van der Waals surface area contributed by atoms with Crippen molar-refractivity contribution in [2.75, 3.05) is 5.32 Å². The Kier molecular flexibility index (Phi) is 6.07. The molecule has 1 heterocycles. The van der Waals surface area contributed by atoms with Crippen LogP contribution < -0.4 is 10.6 Å². The van der Waals surface area contributed by atoms with Crippen LogP contribution in [-0.2, 0) is 4.79 Å². The highest BCUT2D eigenvalue weighted by atomic mass is 16.2. The van der Waals surface area contributed by atoms with E-state index in [2.05, 4.69) is 15.6 Å². The first-order valence-electron chi connectivity index (χ1n) is 8.04. The number of carbonyl (C=O) groups excluding carboxylic acids is 2. The van der Waals surface area contributed by atoms with Crippen LogP contribution in [0.5, 0.6) is 0 Å². The summed E-state index contributed by atoms with van der Waals surface area (Å²) in [6.07, 6.45) is 3.78. The molecule has 24 heavy (non-hydrogen) atoms. The van der Waals surface area contributed by atoms with E-state index < -0.39 is 6.04 Å². The lowest BCUT2D eigenvalue weighted by molar-refractivity contribution is -0.118. The maximum Gasteiger partial charge on any atom is 0.252 e. The number of hydrogen-bond acceptors (Lipinski definition) is 3. The predicted octanol–water partition coefficient (Wildman–Crippen LogP) is 3.17. The van der Waals surface area contributed by atoms with Gasteiger partial charge in [-0.1, -0.05) is 32.0 Å². The van der Waals surface area contributed by atoms with Crippen LogP contribution in [0.25, 0.3) is 0 Å². The van der Waals surface area contributed by atoms with Crippen molar-refractivity contribution in [1.82, 2.24) is 10.3 Å². The molecule has 2 aromatic rings. The van der Waals surface area contributed by atoms with Crippen molar-refractivity contribution in [3.63, 3.8) is 0 Å². The molecule has 0 saturated heterocycles. The van der Waals surface area contributed by atoms with Crippen LogP contribution in [-0.4, -0.2) is 22.8 Å². The summed E-state index contributed by atoms with van der Waals surface area (Å²) >= 11 is 0. The molecule has 5 nitrogen and oxygen atoms in total. The minimum absolute atomic E-state index is 0.236. The summed E-state index contributed by atoms with van der Waals surface area (Å²) in [6.45, 7) is 5.91. The molecule has 5 heteroatoms. The van der Waals surface area contributed by atoms with Crippen molar-refractivity contribution in [3.8, 4) is 0 Å². The van der Waals surface area contributed by atoms with Crippen LogP contribution in [0.15, 0.2) is 48.8 Å². The Balaban J connectivity index is 2.11. The highest BCUT2D eigenvalue weighted by molar-refractivity contribution is 6.01. The highest BCUT2D eigenvalue weighted by Gasteiger charge is 2.23. The van der Waals surface area contributed by atoms with Crippen LogP contribution in [0.1, 0.15) is 36.2 Å². The smallest absolute Gasteiger partial charge is 0.252 e. The molecule has 2 N–H and O–H groups in total. The molecule has 0 aliphatic heterocycles. The van der Waals surface area contributed by atoms with Crippen LogP contribution >= 0.6 is 0 Å². The molecule has 0 spiro atoms. The maximum absolute atomic E-state index is 12.5. The zero-order valence-electron chi connectivity index (χ0n) is 14.2. The van der Waals surface area contributed by atoms with E-state index in [1.165, 1.54) is 0 Å². The summed E-state index contributed by atoms with van der Waals surface area (Å²) in [5.41, 5.74) is 2.08. The van der Waals surface area contributed by atoms with Gasteiger partial charge in [-0.2, -0.15) is 0 Å². The maximum atomic E-state index is 12.5. The van der Waals surface area contributed by atoms with Gasteiger partial charge in [0.1, 0.15) is 6.04 Å². The van der Waals surface area contributed by atoms with Crippen LogP contribution in [0.2, 0.25) is 0 Å². The normalized spacial score (nSPS) is 11.8. The van der Waals surface area contributed by atoms with Gasteiger partial charge in [-0.15, -0.1) is 0 Å². The Morgan fingerprint density at radius 1 is 1.12 bits per heavy atom. The van der Waals surface area contributed by atoms with Crippen LogP contribution in [0.4, 0.5) is 5.69 Å². The van der Waals surface area contributed by atoms with Gasteiger partial charge < -0.3 is 10.6 Å². The lowest BCUT2D eigenvalue weighted by Gasteiger charge is -2.20. The lowest BCUT2D eigenvalue weighted by Crippen LogP contribution is -2.44. The standard InChI is InChI=1S/C19H23N3O2/c1-13(2)11-17(19(24)21-15-8-6-10-20-12-15)22-18(23)16-9-5-4-7-14(16)3/h4-10,12-13,17H,11H2,1-3H3,(H,21,24)(H,22,23). The second kappa shape index (κ2) is 8.24. The van der Waals surface area contributed by atoms with Gasteiger partial charge in [0.2, 0.25) is 5.91 Å². The second-order valence-electron chi connectivity index (χ2n) is 6.20. The summed E-state index contributed by atoms with van der Waals surface area (Å²) in [5.74, 6) is -0.203. The number of benzene rings is 1. The van der Waals surface area contributed by atoms with Gasteiger partial charge in [0.05, 0.1) is 11.9 Å². The number of hydrogen-bond donors (Lipinski definition) is 2. The predicted molar refractivity (Wildman–Crippen MR) is 94.8 cm³/mol. The summed E-state index contributed by atoms with van der Waals surface area (Å²) in [6, 6.07) is 10.2. The Bertz CT molecular complexity index is 699. The zero-order chi connectivity index (χ0) is 17.5. The number of aromatic nitrogens is 1. The topological polar surface area (TPSA) is 71.1 Å². The number of anilines is 1. The Morgan fingerprint density at radius 3 is 2.50 bits per heavy atom. The molecule has 0 aliphatic rings. The molecule has 0 fully saturated rings. The molecule has 1 aromatic heterocycles. The first kappa shape index (κ1) is 17.7. The van der Waals surface area contributed by atoms with Crippen molar-refractivity contribution in [2.24, 2.45) is 5.92 Å². The van der Waals surface area contributed by atoms with E-state index >= 15 is 0 Å². The molecule has 1 atom stereocenters. The number of pyridine rings is 1. The molecule has 2 amide bonds. The largest absolute Gasteiger partial charge is 0.340 e. The molecule has 126 valence electrons. The van der Waals surface area contributed by atoms with E-state index in [0.29, 0.717) is 17.7 Å². The fourth-order valence-corrected chi connectivity index (χ4v) is 2.43. The summed E-state index contributed by atoms with van der Waals surface area (Å²) in [5, 5.41) is 5.66. The molecule has 0 bridgehead atoms. The van der Waals surface area contributed by atoms with Crippen LogP contribution in [0.3, 0.4) is 0 Å². The number of rotatable bonds is 6. The third kappa shape index (κ3) is 4.91. The van der Waals surface area contributed by atoms with Gasteiger partial charge >= 0.3 is 0 Å². The monoisotopic (exact) mass is 325 g/mol. The average molecular weight is 325 g/mol. The van der Waals surface area contributed by atoms with Gasteiger partial charge in [0.15, 0.2) is 0 Å². The van der Waals surface area contributed by atoms with E-state index in [-0.39, 0.29) is 17.7 Å². The molecule has 0 saturated carbocycles. The third-order valence-corrected chi connectivity index (χ3v) is 3.65. The van der Waals surface area contributed by atoms with Crippen molar-refractivity contribution in [3.05, 3.63) is 59.9 Å². The number of carbonyl (C=O) groups is 2. The minimum atomic E-state index is -0.600. The van der Waals surface area contributed by atoms with Crippen molar-refractivity contribution >= 4 is 17.5 Å². The molecule has 0 aliphatic carbocycles. The average Bonchev–Trinajstić information content (AvgIpc) is 2.55. The summed E-state index contributed by atoms with van der Waals surface area (Å²) in [7, 11) is 0. The zero-order valence-corrected chi connectivity index (χ0v) is 14.2. The minimum Gasteiger partial charge on any atom is -0.340 e. The Morgan fingerprint density at radius 2 is 1.88 bits per heavy atom. The molecule has 2 rings (SSSR count). The summed E-state index contributed by atoms with van der Waals surface area (Å²) < 4.78 is 0. The lowest BCUT2D eigenvalue weighted by atomic mass is 10.0. The van der Waals surface area contributed by atoms with Gasteiger partial charge in [-0.25, -0.2) is 0 Å². The molecule has 1 unspecified atom stereocenters. The number of aryl methyl sites for hydroxylation is 1. The second-order valence-corrected chi connectivity index (χ2v) is 6.20. The molecule has 1 aromatic carbocycles.